The molecule has 0 spiro atoms. The van der Waals surface area contributed by atoms with E-state index in [2.05, 4.69) is 23.1 Å². The van der Waals surface area contributed by atoms with Gasteiger partial charge in [-0.2, -0.15) is 5.10 Å². The normalized spacial score (nSPS) is 22.4. The summed E-state index contributed by atoms with van der Waals surface area (Å²) in [5.74, 6) is 0. The minimum absolute atomic E-state index is 0.580. The van der Waals surface area contributed by atoms with E-state index in [0.717, 1.165) is 19.6 Å². The first kappa shape index (κ1) is 9.68. The molecule has 0 aromatic carbocycles. The summed E-state index contributed by atoms with van der Waals surface area (Å²) in [6.07, 6.45) is 3.30. The van der Waals surface area contributed by atoms with Crippen LogP contribution in [-0.4, -0.2) is 33.8 Å². The first-order valence-electron chi connectivity index (χ1n) is 5.14. The lowest BCUT2D eigenvalue weighted by Crippen LogP contribution is -2.51. The Kier molecular flexibility index (Phi) is 2.56. The molecule has 1 aliphatic heterocycles. The summed E-state index contributed by atoms with van der Waals surface area (Å²) in [7, 11) is 1.97. The van der Waals surface area contributed by atoms with E-state index in [4.69, 9.17) is 5.73 Å². The number of aryl methyl sites for hydroxylation is 2. The van der Waals surface area contributed by atoms with Crippen molar-refractivity contribution in [3.05, 3.63) is 17.5 Å². The van der Waals surface area contributed by atoms with Crippen molar-refractivity contribution in [2.75, 3.05) is 13.1 Å². The molecule has 1 aromatic heterocycles. The van der Waals surface area contributed by atoms with Gasteiger partial charge in [0, 0.05) is 38.9 Å². The summed E-state index contributed by atoms with van der Waals surface area (Å²) in [6, 6.07) is 0.580. The SMILES string of the molecule is Cc1cn(C)nc1CN1CCC1CN. The van der Waals surface area contributed by atoms with Crippen molar-refractivity contribution >= 4 is 0 Å². The Morgan fingerprint density at radius 3 is 2.86 bits per heavy atom. The predicted molar refractivity (Wildman–Crippen MR) is 55.8 cm³/mol. The average molecular weight is 194 g/mol. The van der Waals surface area contributed by atoms with Gasteiger partial charge in [-0.25, -0.2) is 0 Å². The number of hydrogen-bond acceptors (Lipinski definition) is 3. The molecule has 2 heterocycles. The Hall–Kier alpha value is -0.870. The summed E-state index contributed by atoms with van der Waals surface area (Å²) in [5.41, 5.74) is 8.11. The number of rotatable bonds is 3. The highest BCUT2D eigenvalue weighted by molar-refractivity contribution is 5.15. The second-order valence-corrected chi connectivity index (χ2v) is 4.08. The van der Waals surface area contributed by atoms with E-state index in [1.807, 2.05) is 11.7 Å². The van der Waals surface area contributed by atoms with Gasteiger partial charge >= 0.3 is 0 Å². The van der Waals surface area contributed by atoms with Crippen LogP contribution in [0.3, 0.4) is 0 Å². The highest BCUT2D eigenvalue weighted by Crippen LogP contribution is 2.19. The van der Waals surface area contributed by atoms with Crippen LogP contribution < -0.4 is 5.73 Å². The van der Waals surface area contributed by atoms with Gasteiger partial charge in [-0.1, -0.05) is 0 Å². The van der Waals surface area contributed by atoms with Crippen molar-refractivity contribution in [2.24, 2.45) is 12.8 Å². The molecule has 1 aliphatic rings. The largest absolute Gasteiger partial charge is 0.329 e. The molecule has 1 aromatic rings. The minimum Gasteiger partial charge on any atom is -0.329 e. The van der Waals surface area contributed by atoms with Crippen molar-refractivity contribution in [1.82, 2.24) is 14.7 Å². The van der Waals surface area contributed by atoms with Crippen LogP contribution in [0.15, 0.2) is 6.20 Å². The molecule has 4 heteroatoms. The summed E-state index contributed by atoms with van der Waals surface area (Å²) in [4.78, 5) is 2.40. The quantitative estimate of drug-likeness (QED) is 0.751. The van der Waals surface area contributed by atoms with Crippen LogP contribution in [0.4, 0.5) is 0 Å². The van der Waals surface area contributed by atoms with E-state index in [9.17, 15) is 0 Å². The second-order valence-electron chi connectivity index (χ2n) is 4.08. The molecule has 0 bridgehead atoms. The molecule has 0 radical (unpaired) electrons. The monoisotopic (exact) mass is 194 g/mol. The highest BCUT2D eigenvalue weighted by Gasteiger charge is 2.27. The van der Waals surface area contributed by atoms with Gasteiger partial charge in [-0.3, -0.25) is 9.58 Å². The van der Waals surface area contributed by atoms with Crippen LogP contribution in [-0.2, 0) is 13.6 Å². The van der Waals surface area contributed by atoms with Gasteiger partial charge in [0.1, 0.15) is 0 Å². The molecule has 1 fully saturated rings. The molecule has 78 valence electrons. The summed E-state index contributed by atoms with van der Waals surface area (Å²) < 4.78 is 1.88. The molecule has 0 aliphatic carbocycles. The van der Waals surface area contributed by atoms with Gasteiger partial charge in [-0.15, -0.1) is 0 Å². The number of nitrogens with zero attached hydrogens (tertiary/aromatic N) is 3. The highest BCUT2D eigenvalue weighted by atomic mass is 15.3. The zero-order valence-corrected chi connectivity index (χ0v) is 8.90. The molecule has 14 heavy (non-hydrogen) atoms. The maximum absolute atomic E-state index is 5.65. The topological polar surface area (TPSA) is 47.1 Å². The van der Waals surface area contributed by atoms with Crippen molar-refractivity contribution in [3.63, 3.8) is 0 Å². The number of likely N-dealkylation sites (tertiary alicyclic amines) is 1. The number of aromatic nitrogens is 2. The van der Waals surface area contributed by atoms with Crippen LogP contribution in [0.2, 0.25) is 0 Å². The summed E-state index contributed by atoms with van der Waals surface area (Å²) in [5, 5.41) is 4.43. The zero-order chi connectivity index (χ0) is 10.1. The third-order valence-electron chi connectivity index (χ3n) is 3.00. The maximum atomic E-state index is 5.65. The molecular weight excluding hydrogens is 176 g/mol. The fraction of sp³-hybridized carbons (Fsp3) is 0.700. The number of hydrogen-bond donors (Lipinski definition) is 1. The fourth-order valence-electron chi connectivity index (χ4n) is 1.97. The van der Waals surface area contributed by atoms with Gasteiger partial charge in [0.2, 0.25) is 0 Å². The molecular formula is C10H18N4. The Bertz CT molecular complexity index is 316. The van der Waals surface area contributed by atoms with Crippen LogP contribution in [0, 0.1) is 6.92 Å². The fourth-order valence-corrected chi connectivity index (χ4v) is 1.97. The van der Waals surface area contributed by atoms with E-state index in [0.29, 0.717) is 6.04 Å². The molecule has 2 N–H and O–H groups in total. The van der Waals surface area contributed by atoms with Crippen molar-refractivity contribution < 1.29 is 0 Å². The van der Waals surface area contributed by atoms with Gasteiger partial charge in [-0.05, 0) is 18.9 Å². The van der Waals surface area contributed by atoms with Gasteiger partial charge < -0.3 is 5.73 Å². The van der Waals surface area contributed by atoms with Gasteiger partial charge in [0.05, 0.1) is 5.69 Å². The molecule has 2 rings (SSSR count). The molecule has 1 unspecified atom stereocenters. The van der Waals surface area contributed by atoms with E-state index < -0.39 is 0 Å². The van der Waals surface area contributed by atoms with Crippen LogP contribution in [0.1, 0.15) is 17.7 Å². The van der Waals surface area contributed by atoms with Crippen molar-refractivity contribution in [1.29, 1.82) is 0 Å². The zero-order valence-electron chi connectivity index (χ0n) is 8.90. The number of nitrogens with two attached hydrogens (primary N) is 1. The lowest BCUT2D eigenvalue weighted by atomic mass is 10.0. The Morgan fingerprint density at radius 2 is 2.43 bits per heavy atom. The molecule has 4 nitrogen and oxygen atoms in total. The molecule has 1 atom stereocenters. The Balaban J connectivity index is 2.00. The molecule has 0 amide bonds. The van der Waals surface area contributed by atoms with E-state index >= 15 is 0 Å². The van der Waals surface area contributed by atoms with E-state index in [1.54, 1.807) is 0 Å². The standard InChI is InChI=1S/C10H18N4/c1-8-6-13(2)12-10(8)7-14-4-3-9(14)5-11/h6,9H,3-5,7,11H2,1-2H3. The van der Waals surface area contributed by atoms with Gasteiger partial charge in [0.25, 0.3) is 0 Å². The summed E-state index contributed by atoms with van der Waals surface area (Å²) in [6.45, 7) is 5.00. The maximum Gasteiger partial charge on any atom is 0.0793 e. The smallest absolute Gasteiger partial charge is 0.0793 e. The summed E-state index contributed by atoms with van der Waals surface area (Å²) >= 11 is 0. The third kappa shape index (κ3) is 1.67. The molecule has 0 saturated carbocycles. The van der Waals surface area contributed by atoms with E-state index in [-0.39, 0.29) is 0 Å². The van der Waals surface area contributed by atoms with Gasteiger partial charge in [0.15, 0.2) is 0 Å². The van der Waals surface area contributed by atoms with Crippen LogP contribution in [0.25, 0.3) is 0 Å². The second kappa shape index (κ2) is 3.71. The lowest BCUT2D eigenvalue weighted by Gasteiger charge is -2.39. The van der Waals surface area contributed by atoms with Crippen LogP contribution in [0.5, 0.6) is 0 Å². The van der Waals surface area contributed by atoms with Crippen molar-refractivity contribution in [2.45, 2.75) is 25.9 Å². The Labute approximate surface area is 84.7 Å². The first-order valence-corrected chi connectivity index (χ1v) is 5.14. The Morgan fingerprint density at radius 1 is 1.64 bits per heavy atom. The minimum atomic E-state index is 0.580. The predicted octanol–water partition coefficient (Wildman–Crippen LogP) is 0.262. The van der Waals surface area contributed by atoms with E-state index in [1.165, 1.54) is 17.7 Å². The molecule has 1 saturated heterocycles. The van der Waals surface area contributed by atoms with Crippen LogP contribution >= 0.6 is 0 Å². The first-order chi connectivity index (χ1) is 6.70. The third-order valence-corrected chi connectivity index (χ3v) is 3.00. The average Bonchev–Trinajstić information content (AvgIpc) is 2.40. The van der Waals surface area contributed by atoms with Crippen molar-refractivity contribution in [3.8, 4) is 0 Å². The lowest BCUT2D eigenvalue weighted by molar-refractivity contribution is 0.0863.